The third-order valence-electron chi connectivity index (χ3n) is 2.69. The molecule has 0 aliphatic heterocycles. The molecular formula is C14H21BrFNO. The van der Waals surface area contributed by atoms with E-state index in [0.29, 0.717) is 11.7 Å². The molecule has 1 unspecified atom stereocenters. The Labute approximate surface area is 117 Å². The lowest BCUT2D eigenvalue weighted by Crippen LogP contribution is -2.35. The molecule has 2 nitrogen and oxygen atoms in total. The van der Waals surface area contributed by atoms with Crippen LogP contribution in [-0.2, 0) is 0 Å². The Bertz CT molecular complexity index is 371. The SMILES string of the molecule is CCCNCC(Oc1cc(F)ccc1Br)C(C)C. The molecule has 1 atom stereocenters. The van der Waals surface area contributed by atoms with Gasteiger partial charge in [0.1, 0.15) is 17.7 Å². The molecule has 1 aromatic carbocycles. The van der Waals surface area contributed by atoms with Gasteiger partial charge in [-0.05, 0) is 46.9 Å². The minimum absolute atomic E-state index is 0.0367. The topological polar surface area (TPSA) is 21.3 Å². The Hall–Kier alpha value is -0.610. The van der Waals surface area contributed by atoms with E-state index in [0.717, 1.165) is 24.0 Å². The Morgan fingerprint density at radius 2 is 2.11 bits per heavy atom. The smallest absolute Gasteiger partial charge is 0.136 e. The van der Waals surface area contributed by atoms with E-state index in [1.54, 1.807) is 6.07 Å². The van der Waals surface area contributed by atoms with Crippen molar-refractivity contribution >= 4 is 15.9 Å². The molecule has 0 saturated carbocycles. The highest BCUT2D eigenvalue weighted by molar-refractivity contribution is 9.10. The first-order chi connectivity index (χ1) is 8.54. The zero-order valence-corrected chi connectivity index (χ0v) is 12.8. The highest BCUT2D eigenvalue weighted by atomic mass is 79.9. The molecule has 1 aromatic rings. The lowest BCUT2D eigenvalue weighted by atomic mass is 10.1. The second-order valence-corrected chi connectivity index (χ2v) is 5.53. The highest BCUT2D eigenvalue weighted by Crippen LogP contribution is 2.27. The van der Waals surface area contributed by atoms with Crippen LogP contribution in [0.1, 0.15) is 27.2 Å². The molecule has 0 aromatic heterocycles. The molecule has 0 spiro atoms. The number of benzene rings is 1. The van der Waals surface area contributed by atoms with Crippen molar-refractivity contribution in [3.63, 3.8) is 0 Å². The van der Waals surface area contributed by atoms with E-state index < -0.39 is 0 Å². The van der Waals surface area contributed by atoms with E-state index in [4.69, 9.17) is 4.74 Å². The second-order valence-electron chi connectivity index (χ2n) is 4.68. The van der Waals surface area contributed by atoms with Gasteiger partial charge in [0, 0.05) is 12.6 Å². The van der Waals surface area contributed by atoms with Gasteiger partial charge in [-0.25, -0.2) is 4.39 Å². The predicted molar refractivity (Wildman–Crippen MR) is 76.5 cm³/mol. The summed E-state index contributed by atoms with van der Waals surface area (Å²) >= 11 is 3.38. The molecular weight excluding hydrogens is 297 g/mol. The molecule has 0 saturated heterocycles. The average Bonchev–Trinajstić information content (AvgIpc) is 2.32. The number of hydrogen-bond acceptors (Lipinski definition) is 2. The van der Waals surface area contributed by atoms with Crippen molar-refractivity contribution in [3.05, 3.63) is 28.5 Å². The third kappa shape index (κ3) is 4.94. The van der Waals surface area contributed by atoms with Gasteiger partial charge in [-0.3, -0.25) is 0 Å². The molecule has 0 amide bonds. The Kier molecular flexibility index (Phi) is 6.65. The minimum atomic E-state index is -0.280. The summed E-state index contributed by atoms with van der Waals surface area (Å²) in [5.41, 5.74) is 0. The van der Waals surface area contributed by atoms with Gasteiger partial charge in [-0.15, -0.1) is 0 Å². The van der Waals surface area contributed by atoms with Crippen LogP contribution < -0.4 is 10.1 Å². The number of hydrogen-bond donors (Lipinski definition) is 1. The zero-order valence-electron chi connectivity index (χ0n) is 11.2. The van der Waals surface area contributed by atoms with Crippen LogP contribution in [0.4, 0.5) is 4.39 Å². The molecule has 0 aliphatic carbocycles. The Morgan fingerprint density at radius 3 is 2.72 bits per heavy atom. The van der Waals surface area contributed by atoms with Gasteiger partial charge < -0.3 is 10.1 Å². The van der Waals surface area contributed by atoms with Crippen LogP contribution in [0.5, 0.6) is 5.75 Å². The lowest BCUT2D eigenvalue weighted by molar-refractivity contribution is 0.147. The first-order valence-electron chi connectivity index (χ1n) is 6.37. The van der Waals surface area contributed by atoms with E-state index in [9.17, 15) is 4.39 Å². The maximum atomic E-state index is 13.2. The summed E-state index contributed by atoms with van der Waals surface area (Å²) in [6, 6.07) is 4.50. The van der Waals surface area contributed by atoms with Crippen molar-refractivity contribution in [1.29, 1.82) is 0 Å². The van der Waals surface area contributed by atoms with Crippen LogP contribution in [-0.4, -0.2) is 19.2 Å². The molecule has 4 heteroatoms. The number of rotatable bonds is 7. The second kappa shape index (κ2) is 7.74. The van der Waals surface area contributed by atoms with Gasteiger partial charge in [0.05, 0.1) is 4.47 Å². The predicted octanol–water partition coefficient (Wildman–Crippen LogP) is 3.99. The maximum Gasteiger partial charge on any atom is 0.136 e. The summed E-state index contributed by atoms with van der Waals surface area (Å²) in [6.45, 7) is 8.07. The minimum Gasteiger partial charge on any atom is -0.488 e. The highest BCUT2D eigenvalue weighted by Gasteiger charge is 2.16. The Morgan fingerprint density at radius 1 is 1.39 bits per heavy atom. The van der Waals surface area contributed by atoms with Gasteiger partial charge in [-0.1, -0.05) is 20.8 Å². The van der Waals surface area contributed by atoms with E-state index in [-0.39, 0.29) is 11.9 Å². The van der Waals surface area contributed by atoms with Crippen molar-refractivity contribution < 1.29 is 9.13 Å². The maximum absolute atomic E-state index is 13.2. The van der Waals surface area contributed by atoms with Gasteiger partial charge in [-0.2, -0.15) is 0 Å². The van der Waals surface area contributed by atoms with E-state index in [2.05, 4.69) is 42.0 Å². The first kappa shape index (κ1) is 15.4. The summed E-state index contributed by atoms with van der Waals surface area (Å²) in [4.78, 5) is 0. The van der Waals surface area contributed by atoms with Crippen LogP contribution in [0.3, 0.4) is 0 Å². The Balaban J connectivity index is 2.67. The summed E-state index contributed by atoms with van der Waals surface area (Å²) < 4.78 is 19.9. The molecule has 102 valence electrons. The number of halogens is 2. The fourth-order valence-corrected chi connectivity index (χ4v) is 1.91. The number of nitrogens with one attached hydrogen (secondary N) is 1. The molecule has 0 aliphatic rings. The van der Waals surface area contributed by atoms with Gasteiger partial charge in [0.2, 0.25) is 0 Å². The molecule has 0 radical (unpaired) electrons. The van der Waals surface area contributed by atoms with Gasteiger partial charge >= 0.3 is 0 Å². The summed E-state index contributed by atoms with van der Waals surface area (Å²) in [5, 5.41) is 3.34. The molecule has 0 bridgehead atoms. The van der Waals surface area contributed by atoms with Crippen molar-refractivity contribution in [3.8, 4) is 5.75 Å². The summed E-state index contributed by atoms with van der Waals surface area (Å²) in [5.74, 6) is 0.647. The fourth-order valence-electron chi connectivity index (χ4n) is 1.57. The van der Waals surface area contributed by atoms with Crippen LogP contribution in [0.25, 0.3) is 0 Å². The van der Waals surface area contributed by atoms with Crippen molar-refractivity contribution in [2.45, 2.75) is 33.3 Å². The zero-order chi connectivity index (χ0) is 13.5. The molecule has 1 rings (SSSR count). The van der Waals surface area contributed by atoms with Crippen LogP contribution in [0.15, 0.2) is 22.7 Å². The fraction of sp³-hybridized carbons (Fsp3) is 0.571. The van der Waals surface area contributed by atoms with Crippen molar-refractivity contribution in [2.75, 3.05) is 13.1 Å². The molecule has 18 heavy (non-hydrogen) atoms. The largest absolute Gasteiger partial charge is 0.488 e. The van der Waals surface area contributed by atoms with Crippen molar-refractivity contribution in [2.24, 2.45) is 5.92 Å². The van der Waals surface area contributed by atoms with E-state index in [1.807, 2.05) is 0 Å². The lowest BCUT2D eigenvalue weighted by Gasteiger charge is -2.23. The van der Waals surface area contributed by atoms with Gasteiger partial charge in [0.15, 0.2) is 0 Å². The normalized spacial score (nSPS) is 12.8. The van der Waals surface area contributed by atoms with E-state index in [1.165, 1.54) is 12.1 Å². The van der Waals surface area contributed by atoms with Crippen molar-refractivity contribution in [1.82, 2.24) is 5.32 Å². The first-order valence-corrected chi connectivity index (χ1v) is 7.16. The average molecular weight is 318 g/mol. The molecule has 0 heterocycles. The van der Waals surface area contributed by atoms with Crippen LogP contribution in [0, 0.1) is 11.7 Å². The summed E-state index contributed by atoms with van der Waals surface area (Å²) in [6.07, 6.45) is 1.13. The quantitative estimate of drug-likeness (QED) is 0.768. The number of ether oxygens (including phenoxy) is 1. The van der Waals surface area contributed by atoms with Gasteiger partial charge in [0.25, 0.3) is 0 Å². The van der Waals surface area contributed by atoms with E-state index >= 15 is 0 Å². The van der Waals surface area contributed by atoms with Crippen LogP contribution in [0.2, 0.25) is 0 Å². The summed E-state index contributed by atoms with van der Waals surface area (Å²) in [7, 11) is 0. The molecule has 1 N–H and O–H groups in total. The third-order valence-corrected chi connectivity index (χ3v) is 3.34. The molecule has 0 fully saturated rings. The standard InChI is InChI=1S/C14H21BrFNO/c1-4-7-17-9-14(10(2)3)18-13-8-11(16)5-6-12(13)15/h5-6,8,10,14,17H,4,7,9H2,1-3H3. The monoisotopic (exact) mass is 317 g/mol. The van der Waals surface area contributed by atoms with Crippen LogP contribution >= 0.6 is 15.9 Å².